The molecule has 1 aromatic rings. The molecule has 7 nitrogen and oxygen atoms in total. The maximum atomic E-state index is 12.1. The van der Waals surface area contributed by atoms with Crippen LogP contribution in [0.4, 0.5) is 0 Å². The summed E-state index contributed by atoms with van der Waals surface area (Å²) in [4.78, 5) is 37.6. The lowest BCUT2D eigenvalue weighted by atomic mass is 10.0. The molecule has 0 saturated carbocycles. The number of piperidine rings is 1. The summed E-state index contributed by atoms with van der Waals surface area (Å²) >= 11 is 0. The van der Waals surface area contributed by atoms with E-state index in [9.17, 15) is 14.4 Å². The van der Waals surface area contributed by atoms with Crippen molar-refractivity contribution in [3.63, 3.8) is 0 Å². The molecule has 1 heterocycles. The van der Waals surface area contributed by atoms with Gasteiger partial charge in [-0.3, -0.25) is 14.4 Å². The molecule has 26 heavy (non-hydrogen) atoms. The van der Waals surface area contributed by atoms with Crippen LogP contribution in [0.2, 0.25) is 0 Å². The average Bonchev–Trinajstić information content (AvgIpc) is 2.65. The summed E-state index contributed by atoms with van der Waals surface area (Å²) in [5, 5.41) is 2.48. The first-order chi connectivity index (χ1) is 12.5. The topological polar surface area (TPSA) is 84.9 Å². The first kappa shape index (κ1) is 19.8. The molecule has 0 unspecified atom stereocenters. The predicted octanol–water partition coefficient (Wildman–Crippen LogP) is 1.76. The SMILES string of the molecule is CCOc1ccc(C(=O)NCC(=O)OCC(=O)N2CCCC[C@@H]2C)cc1. The van der Waals surface area contributed by atoms with Crippen LogP contribution in [0.15, 0.2) is 24.3 Å². The normalized spacial score (nSPS) is 16.7. The number of benzene rings is 1. The highest BCUT2D eigenvalue weighted by molar-refractivity contribution is 5.96. The summed E-state index contributed by atoms with van der Waals surface area (Å²) in [6, 6.07) is 6.79. The molecule has 1 aliphatic rings. The lowest BCUT2D eigenvalue weighted by Gasteiger charge is -2.33. The highest BCUT2D eigenvalue weighted by atomic mass is 16.5. The molecule has 0 aromatic heterocycles. The zero-order chi connectivity index (χ0) is 18.9. The summed E-state index contributed by atoms with van der Waals surface area (Å²) in [5.74, 6) is -0.541. The van der Waals surface area contributed by atoms with E-state index in [2.05, 4.69) is 5.32 Å². The monoisotopic (exact) mass is 362 g/mol. The van der Waals surface area contributed by atoms with E-state index in [4.69, 9.17) is 9.47 Å². The van der Waals surface area contributed by atoms with Gasteiger partial charge in [0, 0.05) is 18.2 Å². The number of nitrogens with one attached hydrogen (secondary N) is 1. The van der Waals surface area contributed by atoms with Crippen molar-refractivity contribution in [2.75, 3.05) is 26.3 Å². The van der Waals surface area contributed by atoms with Crippen LogP contribution < -0.4 is 10.1 Å². The molecule has 142 valence electrons. The minimum Gasteiger partial charge on any atom is -0.494 e. The maximum Gasteiger partial charge on any atom is 0.325 e. The van der Waals surface area contributed by atoms with Gasteiger partial charge in [-0.2, -0.15) is 0 Å². The molecule has 0 aliphatic carbocycles. The number of nitrogens with zero attached hydrogens (tertiary/aromatic N) is 1. The van der Waals surface area contributed by atoms with Crippen LogP contribution >= 0.6 is 0 Å². The van der Waals surface area contributed by atoms with Crippen LogP contribution in [-0.4, -0.2) is 55.0 Å². The molecule has 2 amide bonds. The Morgan fingerprint density at radius 2 is 1.92 bits per heavy atom. The van der Waals surface area contributed by atoms with E-state index in [1.807, 2.05) is 13.8 Å². The molecule has 0 radical (unpaired) electrons. The fourth-order valence-electron chi connectivity index (χ4n) is 2.87. The van der Waals surface area contributed by atoms with Crippen LogP contribution in [-0.2, 0) is 14.3 Å². The van der Waals surface area contributed by atoms with Crippen molar-refractivity contribution >= 4 is 17.8 Å². The van der Waals surface area contributed by atoms with E-state index in [0.717, 1.165) is 19.3 Å². The van der Waals surface area contributed by atoms with Gasteiger partial charge in [-0.25, -0.2) is 0 Å². The number of hydrogen-bond acceptors (Lipinski definition) is 5. The van der Waals surface area contributed by atoms with E-state index in [-0.39, 0.29) is 31.0 Å². The second-order valence-corrected chi connectivity index (χ2v) is 6.23. The summed E-state index contributed by atoms with van der Waals surface area (Å²) in [6.45, 7) is 4.55. The highest BCUT2D eigenvalue weighted by Crippen LogP contribution is 2.16. The lowest BCUT2D eigenvalue weighted by molar-refractivity contribution is -0.152. The Balaban J connectivity index is 1.72. The van der Waals surface area contributed by atoms with Crippen LogP contribution in [0.25, 0.3) is 0 Å². The average molecular weight is 362 g/mol. The Morgan fingerprint density at radius 1 is 1.19 bits per heavy atom. The van der Waals surface area contributed by atoms with Gasteiger partial charge in [0.15, 0.2) is 6.61 Å². The number of amides is 2. The number of esters is 1. The van der Waals surface area contributed by atoms with Gasteiger partial charge in [-0.05, 0) is 57.4 Å². The van der Waals surface area contributed by atoms with Crippen molar-refractivity contribution in [2.24, 2.45) is 0 Å². The molecule has 2 rings (SSSR count). The minimum atomic E-state index is -0.637. The van der Waals surface area contributed by atoms with Gasteiger partial charge in [0.25, 0.3) is 11.8 Å². The van der Waals surface area contributed by atoms with Crippen LogP contribution in [0, 0.1) is 0 Å². The Labute approximate surface area is 153 Å². The van der Waals surface area contributed by atoms with Gasteiger partial charge >= 0.3 is 5.97 Å². The zero-order valence-corrected chi connectivity index (χ0v) is 15.3. The molecule has 1 atom stereocenters. The molecule has 0 spiro atoms. The summed E-state index contributed by atoms with van der Waals surface area (Å²) < 4.78 is 10.3. The standard InChI is InChI=1S/C19H26N2O5/c1-3-25-16-9-7-15(8-10-16)19(24)20-12-18(23)26-13-17(22)21-11-5-4-6-14(21)2/h7-10,14H,3-6,11-13H2,1-2H3,(H,20,24)/t14-/m0/s1. The third kappa shape index (κ3) is 5.75. The van der Waals surface area contributed by atoms with Crippen molar-refractivity contribution in [2.45, 2.75) is 39.2 Å². The van der Waals surface area contributed by atoms with Gasteiger partial charge in [0.2, 0.25) is 0 Å². The number of rotatable bonds is 7. The highest BCUT2D eigenvalue weighted by Gasteiger charge is 2.23. The Morgan fingerprint density at radius 3 is 2.58 bits per heavy atom. The molecular formula is C19H26N2O5. The fraction of sp³-hybridized carbons (Fsp3) is 0.526. The van der Waals surface area contributed by atoms with Gasteiger partial charge in [0.05, 0.1) is 6.61 Å². The third-order valence-corrected chi connectivity index (χ3v) is 4.30. The Hall–Kier alpha value is -2.57. The summed E-state index contributed by atoms with van der Waals surface area (Å²) in [6.07, 6.45) is 3.06. The number of hydrogen-bond donors (Lipinski definition) is 1. The first-order valence-corrected chi connectivity index (χ1v) is 8.97. The first-order valence-electron chi connectivity index (χ1n) is 8.97. The smallest absolute Gasteiger partial charge is 0.325 e. The van der Waals surface area contributed by atoms with Crippen molar-refractivity contribution < 1.29 is 23.9 Å². The quantitative estimate of drug-likeness (QED) is 0.747. The van der Waals surface area contributed by atoms with Crippen molar-refractivity contribution in [1.29, 1.82) is 0 Å². The Bertz CT molecular complexity index is 629. The molecule has 0 bridgehead atoms. The number of ether oxygens (including phenoxy) is 2. The number of carbonyl (C=O) groups excluding carboxylic acids is 3. The second kappa shape index (κ2) is 9.79. The van der Waals surface area contributed by atoms with Crippen LogP contribution in [0.1, 0.15) is 43.5 Å². The Kier molecular flexibility index (Phi) is 7.44. The van der Waals surface area contributed by atoms with Gasteiger partial charge in [-0.1, -0.05) is 0 Å². The van der Waals surface area contributed by atoms with Crippen molar-refractivity contribution in [3.8, 4) is 5.75 Å². The minimum absolute atomic E-state index is 0.175. The van der Waals surface area contributed by atoms with E-state index in [0.29, 0.717) is 24.5 Å². The van der Waals surface area contributed by atoms with Crippen molar-refractivity contribution in [3.05, 3.63) is 29.8 Å². The zero-order valence-electron chi connectivity index (χ0n) is 15.3. The third-order valence-electron chi connectivity index (χ3n) is 4.30. The van der Waals surface area contributed by atoms with Gasteiger partial charge < -0.3 is 19.7 Å². The summed E-state index contributed by atoms with van der Waals surface area (Å²) in [5.41, 5.74) is 0.416. The predicted molar refractivity (Wildman–Crippen MR) is 95.9 cm³/mol. The maximum absolute atomic E-state index is 12.1. The number of carbonyl (C=O) groups is 3. The molecule has 1 N–H and O–H groups in total. The largest absolute Gasteiger partial charge is 0.494 e. The van der Waals surface area contributed by atoms with Crippen LogP contribution in [0.5, 0.6) is 5.75 Å². The molecule has 1 fully saturated rings. The van der Waals surface area contributed by atoms with E-state index < -0.39 is 5.97 Å². The van der Waals surface area contributed by atoms with Gasteiger partial charge in [0.1, 0.15) is 12.3 Å². The summed E-state index contributed by atoms with van der Waals surface area (Å²) in [7, 11) is 0. The molecule has 1 aromatic carbocycles. The van der Waals surface area contributed by atoms with Crippen molar-refractivity contribution in [1.82, 2.24) is 10.2 Å². The van der Waals surface area contributed by atoms with Crippen LogP contribution in [0.3, 0.4) is 0 Å². The number of likely N-dealkylation sites (tertiary alicyclic amines) is 1. The molecule has 1 aliphatic heterocycles. The fourth-order valence-corrected chi connectivity index (χ4v) is 2.87. The van der Waals surface area contributed by atoms with E-state index in [1.54, 1.807) is 29.2 Å². The molecular weight excluding hydrogens is 336 g/mol. The lowest BCUT2D eigenvalue weighted by Crippen LogP contribution is -2.44. The van der Waals surface area contributed by atoms with E-state index >= 15 is 0 Å². The molecule has 7 heteroatoms. The van der Waals surface area contributed by atoms with E-state index in [1.165, 1.54) is 0 Å². The molecule has 1 saturated heterocycles. The van der Waals surface area contributed by atoms with Gasteiger partial charge in [-0.15, -0.1) is 0 Å². The second-order valence-electron chi connectivity index (χ2n) is 6.23.